The lowest BCUT2D eigenvalue weighted by Crippen LogP contribution is -2.26. The van der Waals surface area contributed by atoms with Crippen molar-refractivity contribution >= 4 is 11.9 Å². The van der Waals surface area contributed by atoms with Gasteiger partial charge in [0, 0.05) is 11.8 Å². The highest BCUT2D eigenvalue weighted by atomic mass is 16.4. The Morgan fingerprint density at radius 2 is 2.21 bits per heavy atom. The van der Waals surface area contributed by atoms with E-state index in [-0.39, 0.29) is 23.2 Å². The van der Waals surface area contributed by atoms with Gasteiger partial charge >= 0.3 is 5.97 Å². The number of carboxylic acid groups (broad SMARTS) is 1. The third-order valence-electron chi connectivity index (χ3n) is 2.56. The molecule has 2 N–H and O–H groups in total. The van der Waals surface area contributed by atoms with Crippen LogP contribution in [0, 0.1) is 0 Å². The number of aromatic nitrogens is 1. The van der Waals surface area contributed by atoms with Gasteiger partial charge in [-0.3, -0.25) is 4.79 Å². The third-order valence-corrected chi connectivity index (χ3v) is 2.56. The average Bonchev–Trinajstić information content (AvgIpc) is 2.92. The van der Waals surface area contributed by atoms with Crippen LogP contribution in [0.25, 0.3) is 0 Å². The van der Waals surface area contributed by atoms with E-state index < -0.39 is 5.97 Å². The van der Waals surface area contributed by atoms with Gasteiger partial charge < -0.3 is 14.8 Å². The van der Waals surface area contributed by atoms with Gasteiger partial charge in [0.15, 0.2) is 0 Å². The zero-order valence-electron chi connectivity index (χ0n) is 10.2. The van der Waals surface area contributed by atoms with Gasteiger partial charge in [-0.15, -0.1) is 0 Å². The van der Waals surface area contributed by atoms with Crippen LogP contribution in [-0.2, 0) is 0 Å². The van der Waals surface area contributed by atoms with Gasteiger partial charge in [-0.2, -0.15) is 0 Å². The summed E-state index contributed by atoms with van der Waals surface area (Å²) in [5.74, 6) is -0.927. The van der Waals surface area contributed by atoms with Crippen LogP contribution in [-0.4, -0.2) is 22.0 Å². The van der Waals surface area contributed by atoms with Gasteiger partial charge in [0.25, 0.3) is 5.91 Å². The predicted octanol–water partition coefficient (Wildman–Crippen LogP) is 1.86. The molecule has 1 unspecified atom stereocenters. The molecule has 2 aromatic heterocycles. The fraction of sp³-hybridized carbons (Fsp3) is 0.154. The molecule has 98 valence electrons. The monoisotopic (exact) mass is 260 g/mol. The molecule has 1 amide bonds. The third kappa shape index (κ3) is 2.98. The summed E-state index contributed by atoms with van der Waals surface area (Å²) in [7, 11) is 0. The lowest BCUT2D eigenvalue weighted by atomic mass is 10.2. The number of carbonyl (C=O) groups is 2. The van der Waals surface area contributed by atoms with E-state index in [0.29, 0.717) is 5.76 Å². The Balaban J connectivity index is 2.12. The highest BCUT2D eigenvalue weighted by Crippen LogP contribution is 2.13. The van der Waals surface area contributed by atoms with Crippen LogP contribution in [0.3, 0.4) is 0 Å². The van der Waals surface area contributed by atoms with Crippen LogP contribution in [0.5, 0.6) is 0 Å². The summed E-state index contributed by atoms with van der Waals surface area (Å²) in [6.45, 7) is 1.77. The van der Waals surface area contributed by atoms with E-state index in [9.17, 15) is 9.59 Å². The molecule has 19 heavy (non-hydrogen) atoms. The molecular formula is C13H12N2O4. The molecule has 0 radical (unpaired) electrons. The minimum absolute atomic E-state index is 0.168. The maximum atomic E-state index is 12.0. The van der Waals surface area contributed by atoms with E-state index in [1.165, 1.54) is 24.6 Å². The summed E-state index contributed by atoms with van der Waals surface area (Å²) in [4.78, 5) is 26.4. The molecule has 6 nitrogen and oxygen atoms in total. The largest absolute Gasteiger partial charge is 0.477 e. The van der Waals surface area contributed by atoms with Gasteiger partial charge in [-0.25, -0.2) is 9.78 Å². The van der Waals surface area contributed by atoms with E-state index >= 15 is 0 Å². The maximum absolute atomic E-state index is 12.0. The van der Waals surface area contributed by atoms with Crippen molar-refractivity contribution in [1.82, 2.24) is 10.3 Å². The minimum Gasteiger partial charge on any atom is -0.477 e. The number of pyridine rings is 1. The molecule has 0 aliphatic heterocycles. The molecule has 0 saturated heterocycles. The number of rotatable bonds is 4. The second-order valence-corrected chi connectivity index (χ2v) is 3.95. The summed E-state index contributed by atoms with van der Waals surface area (Å²) in [5.41, 5.74) is 0.0732. The first kappa shape index (κ1) is 12.8. The predicted molar refractivity (Wildman–Crippen MR) is 65.8 cm³/mol. The van der Waals surface area contributed by atoms with Crippen molar-refractivity contribution in [2.45, 2.75) is 13.0 Å². The van der Waals surface area contributed by atoms with E-state index in [4.69, 9.17) is 9.52 Å². The van der Waals surface area contributed by atoms with E-state index in [2.05, 4.69) is 10.3 Å². The zero-order valence-corrected chi connectivity index (χ0v) is 10.2. The van der Waals surface area contributed by atoms with Crippen LogP contribution < -0.4 is 5.32 Å². The average molecular weight is 260 g/mol. The molecular weight excluding hydrogens is 248 g/mol. The summed E-state index contributed by atoms with van der Waals surface area (Å²) in [6.07, 6.45) is 2.81. The minimum atomic E-state index is -1.17. The number of hydrogen-bond acceptors (Lipinski definition) is 4. The fourth-order valence-electron chi connectivity index (χ4n) is 1.58. The number of furan rings is 1. The SMILES string of the molecule is CC(NC(=O)c1ccnc(C(=O)O)c1)c1ccco1. The first-order valence-electron chi connectivity index (χ1n) is 5.61. The lowest BCUT2D eigenvalue weighted by Gasteiger charge is -2.11. The van der Waals surface area contributed by atoms with Crippen molar-refractivity contribution in [3.8, 4) is 0 Å². The fourth-order valence-corrected chi connectivity index (χ4v) is 1.58. The number of nitrogens with one attached hydrogen (secondary N) is 1. The number of amides is 1. The maximum Gasteiger partial charge on any atom is 0.354 e. The normalized spacial score (nSPS) is 11.8. The zero-order chi connectivity index (χ0) is 13.8. The number of carbonyl (C=O) groups excluding carboxylic acids is 1. The Bertz CT molecular complexity index is 592. The van der Waals surface area contributed by atoms with E-state index in [1.54, 1.807) is 19.1 Å². The molecule has 0 aliphatic rings. The number of hydrogen-bond donors (Lipinski definition) is 2. The van der Waals surface area contributed by atoms with Crippen molar-refractivity contribution in [1.29, 1.82) is 0 Å². The topological polar surface area (TPSA) is 92.4 Å². The Kier molecular flexibility index (Phi) is 3.61. The second kappa shape index (κ2) is 5.34. The molecule has 0 aliphatic carbocycles. The number of carboxylic acids is 1. The molecule has 0 saturated carbocycles. The summed E-state index contributed by atoms with van der Waals surface area (Å²) < 4.78 is 5.17. The van der Waals surface area contributed by atoms with Crippen molar-refractivity contribution in [3.05, 3.63) is 53.7 Å². The molecule has 0 bridgehead atoms. The molecule has 2 rings (SSSR count). The van der Waals surface area contributed by atoms with Gasteiger partial charge in [0.05, 0.1) is 12.3 Å². The first-order chi connectivity index (χ1) is 9.08. The molecule has 0 aromatic carbocycles. The second-order valence-electron chi connectivity index (χ2n) is 3.95. The van der Waals surface area contributed by atoms with Crippen LogP contribution in [0.1, 0.15) is 39.6 Å². The van der Waals surface area contributed by atoms with Crippen molar-refractivity contribution in [2.24, 2.45) is 0 Å². The smallest absolute Gasteiger partial charge is 0.354 e. The molecule has 6 heteroatoms. The Morgan fingerprint density at radius 1 is 1.42 bits per heavy atom. The van der Waals surface area contributed by atoms with Crippen LogP contribution in [0.2, 0.25) is 0 Å². The quantitative estimate of drug-likeness (QED) is 0.875. The van der Waals surface area contributed by atoms with Crippen molar-refractivity contribution in [2.75, 3.05) is 0 Å². The molecule has 0 spiro atoms. The van der Waals surface area contributed by atoms with Crippen LogP contribution in [0.15, 0.2) is 41.1 Å². The van der Waals surface area contributed by atoms with Gasteiger partial charge in [-0.05, 0) is 31.2 Å². The van der Waals surface area contributed by atoms with Crippen molar-refractivity contribution < 1.29 is 19.1 Å². The molecule has 1 atom stereocenters. The van der Waals surface area contributed by atoms with Gasteiger partial charge in [0.1, 0.15) is 11.5 Å². The van der Waals surface area contributed by atoms with Crippen LogP contribution in [0.4, 0.5) is 0 Å². The molecule has 2 aromatic rings. The number of aromatic carboxylic acids is 1. The summed E-state index contributed by atoms with van der Waals surface area (Å²) in [6, 6.07) is 5.86. The van der Waals surface area contributed by atoms with E-state index in [1.807, 2.05) is 0 Å². The Hall–Kier alpha value is -2.63. The summed E-state index contributed by atoms with van der Waals surface area (Å²) >= 11 is 0. The first-order valence-corrected chi connectivity index (χ1v) is 5.61. The highest BCUT2D eigenvalue weighted by molar-refractivity contribution is 5.96. The van der Waals surface area contributed by atoms with Gasteiger partial charge in [0.2, 0.25) is 0 Å². The molecule has 2 heterocycles. The Labute approximate surface area is 109 Å². The number of nitrogens with zero attached hydrogens (tertiary/aromatic N) is 1. The standard InChI is InChI=1S/C13H12N2O4/c1-8(11-3-2-6-19-11)15-12(16)9-4-5-14-10(7-9)13(17)18/h2-8H,1H3,(H,15,16)(H,17,18). The van der Waals surface area contributed by atoms with Crippen molar-refractivity contribution in [3.63, 3.8) is 0 Å². The van der Waals surface area contributed by atoms with Gasteiger partial charge in [-0.1, -0.05) is 0 Å². The highest BCUT2D eigenvalue weighted by Gasteiger charge is 2.15. The van der Waals surface area contributed by atoms with Crippen LogP contribution >= 0.6 is 0 Å². The molecule has 0 fully saturated rings. The Morgan fingerprint density at radius 3 is 2.84 bits per heavy atom. The lowest BCUT2D eigenvalue weighted by molar-refractivity contribution is 0.0690. The summed E-state index contributed by atoms with van der Waals surface area (Å²) in [5, 5.41) is 11.5. The van der Waals surface area contributed by atoms with E-state index in [0.717, 1.165) is 0 Å².